The second-order valence-corrected chi connectivity index (χ2v) is 5.24. The summed E-state index contributed by atoms with van der Waals surface area (Å²) in [5.74, 6) is -0.274. The lowest BCUT2D eigenvalue weighted by Crippen LogP contribution is -2.40. The maximum absolute atomic E-state index is 12.2. The first kappa shape index (κ1) is 14.2. The molecule has 0 saturated carbocycles. The third-order valence-corrected chi connectivity index (χ3v) is 3.74. The SMILES string of the molecule is CN1CC[C@H](NC(=O)c2ccc(-c3cnccn3)cc2)C1=O. The fourth-order valence-electron chi connectivity index (χ4n) is 2.44. The average Bonchev–Trinajstić information content (AvgIpc) is 2.88. The molecule has 1 aliphatic rings. The molecule has 2 aromatic rings. The molecule has 0 bridgehead atoms. The normalized spacial score (nSPS) is 17.6. The number of hydrogen-bond donors (Lipinski definition) is 1. The van der Waals surface area contributed by atoms with Gasteiger partial charge in [0.1, 0.15) is 6.04 Å². The fraction of sp³-hybridized carbons (Fsp3) is 0.250. The van der Waals surface area contributed by atoms with Crippen molar-refractivity contribution in [3.8, 4) is 11.3 Å². The van der Waals surface area contributed by atoms with E-state index in [9.17, 15) is 9.59 Å². The van der Waals surface area contributed by atoms with E-state index in [1.54, 1.807) is 42.7 Å². The van der Waals surface area contributed by atoms with Crippen molar-refractivity contribution in [1.29, 1.82) is 0 Å². The van der Waals surface area contributed by atoms with Gasteiger partial charge in [0.25, 0.3) is 5.91 Å². The van der Waals surface area contributed by atoms with Gasteiger partial charge in [0.2, 0.25) is 5.91 Å². The Bertz CT molecular complexity index is 685. The van der Waals surface area contributed by atoms with Gasteiger partial charge in [-0.05, 0) is 18.6 Å². The van der Waals surface area contributed by atoms with Crippen LogP contribution in [0.25, 0.3) is 11.3 Å². The Balaban J connectivity index is 1.70. The van der Waals surface area contributed by atoms with Gasteiger partial charge in [-0.2, -0.15) is 0 Å². The van der Waals surface area contributed by atoms with Crippen molar-refractivity contribution in [1.82, 2.24) is 20.2 Å². The van der Waals surface area contributed by atoms with Crippen LogP contribution < -0.4 is 5.32 Å². The summed E-state index contributed by atoms with van der Waals surface area (Å²) in [6.07, 6.45) is 5.56. The van der Waals surface area contributed by atoms with Crippen LogP contribution in [0.3, 0.4) is 0 Å². The third kappa shape index (κ3) is 2.81. The molecule has 112 valence electrons. The molecule has 2 amide bonds. The van der Waals surface area contributed by atoms with E-state index < -0.39 is 6.04 Å². The fourth-order valence-corrected chi connectivity index (χ4v) is 2.44. The van der Waals surface area contributed by atoms with E-state index in [1.165, 1.54) is 0 Å². The number of benzene rings is 1. The zero-order valence-corrected chi connectivity index (χ0v) is 12.2. The molecule has 1 N–H and O–H groups in total. The maximum atomic E-state index is 12.2. The molecule has 6 nitrogen and oxygen atoms in total. The van der Waals surface area contributed by atoms with Gasteiger partial charge >= 0.3 is 0 Å². The predicted molar refractivity (Wildman–Crippen MR) is 81.0 cm³/mol. The van der Waals surface area contributed by atoms with E-state index in [0.717, 1.165) is 11.3 Å². The van der Waals surface area contributed by atoms with Crippen LogP contribution >= 0.6 is 0 Å². The topological polar surface area (TPSA) is 75.2 Å². The van der Waals surface area contributed by atoms with Gasteiger partial charge in [0.05, 0.1) is 11.9 Å². The molecule has 22 heavy (non-hydrogen) atoms. The Morgan fingerprint density at radius 3 is 2.64 bits per heavy atom. The van der Waals surface area contributed by atoms with Crippen molar-refractivity contribution in [3.05, 3.63) is 48.4 Å². The molecule has 0 spiro atoms. The van der Waals surface area contributed by atoms with Crippen LogP contribution in [-0.4, -0.2) is 46.3 Å². The predicted octanol–water partition coefficient (Wildman–Crippen LogP) is 1.10. The second kappa shape index (κ2) is 5.93. The first-order valence-corrected chi connectivity index (χ1v) is 7.07. The minimum absolute atomic E-state index is 0.0375. The van der Waals surface area contributed by atoms with Crippen molar-refractivity contribution >= 4 is 11.8 Å². The highest BCUT2D eigenvalue weighted by Crippen LogP contribution is 2.16. The highest BCUT2D eigenvalue weighted by atomic mass is 16.2. The first-order valence-electron chi connectivity index (χ1n) is 7.07. The summed E-state index contributed by atoms with van der Waals surface area (Å²) in [7, 11) is 1.74. The highest BCUT2D eigenvalue weighted by Gasteiger charge is 2.30. The molecule has 3 rings (SSSR count). The van der Waals surface area contributed by atoms with Crippen molar-refractivity contribution in [2.75, 3.05) is 13.6 Å². The molecule has 1 aromatic heterocycles. The molecule has 1 atom stereocenters. The number of likely N-dealkylation sites (N-methyl/N-ethyl adjacent to an activating group) is 1. The minimum Gasteiger partial charge on any atom is -0.344 e. The summed E-state index contributed by atoms with van der Waals surface area (Å²) >= 11 is 0. The van der Waals surface area contributed by atoms with Crippen LogP contribution in [0.1, 0.15) is 16.8 Å². The lowest BCUT2D eigenvalue weighted by atomic mass is 10.1. The lowest BCUT2D eigenvalue weighted by molar-refractivity contribution is -0.128. The molecule has 1 saturated heterocycles. The highest BCUT2D eigenvalue weighted by molar-refractivity contribution is 5.98. The lowest BCUT2D eigenvalue weighted by Gasteiger charge is -2.12. The van der Waals surface area contributed by atoms with Gasteiger partial charge < -0.3 is 10.2 Å². The number of amides is 2. The zero-order chi connectivity index (χ0) is 15.5. The number of nitrogens with one attached hydrogen (secondary N) is 1. The van der Waals surface area contributed by atoms with E-state index in [0.29, 0.717) is 18.5 Å². The van der Waals surface area contributed by atoms with Crippen LogP contribution in [-0.2, 0) is 4.79 Å². The van der Waals surface area contributed by atoms with Gasteiger partial charge in [-0.1, -0.05) is 12.1 Å². The summed E-state index contributed by atoms with van der Waals surface area (Å²) < 4.78 is 0. The van der Waals surface area contributed by atoms with Crippen LogP contribution in [0.5, 0.6) is 0 Å². The van der Waals surface area contributed by atoms with Gasteiger partial charge in [-0.3, -0.25) is 19.6 Å². The standard InChI is InChI=1S/C16H16N4O2/c1-20-9-6-13(16(20)22)19-15(21)12-4-2-11(3-5-12)14-10-17-7-8-18-14/h2-5,7-8,10,13H,6,9H2,1H3,(H,19,21)/t13-/m0/s1. The Kier molecular flexibility index (Phi) is 3.82. The van der Waals surface area contributed by atoms with Crippen molar-refractivity contribution in [3.63, 3.8) is 0 Å². The maximum Gasteiger partial charge on any atom is 0.251 e. The van der Waals surface area contributed by atoms with Gasteiger partial charge in [-0.15, -0.1) is 0 Å². The van der Waals surface area contributed by atoms with Crippen LogP contribution in [0.2, 0.25) is 0 Å². The summed E-state index contributed by atoms with van der Waals surface area (Å²) in [4.78, 5) is 33.9. The number of rotatable bonds is 3. The number of hydrogen-bond acceptors (Lipinski definition) is 4. The minimum atomic E-state index is -0.419. The van der Waals surface area contributed by atoms with Crippen LogP contribution in [0.4, 0.5) is 0 Å². The molecular weight excluding hydrogens is 280 g/mol. The number of carbonyl (C=O) groups is 2. The van der Waals surface area contributed by atoms with Gasteiger partial charge in [0.15, 0.2) is 0 Å². The number of nitrogens with zero attached hydrogens (tertiary/aromatic N) is 3. The van der Waals surface area contributed by atoms with Crippen molar-refractivity contribution < 1.29 is 9.59 Å². The number of likely N-dealkylation sites (tertiary alicyclic amines) is 1. The van der Waals surface area contributed by atoms with E-state index in [1.807, 2.05) is 12.1 Å². The van der Waals surface area contributed by atoms with Gasteiger partial charge in [-0.25, -0.2) is 0 Å². The van der Waals surface area contributed by atoms with E-state index in [-0.39, 0.29) is 11.8 Å². The zero-order valence-electron chi connectivity index (χ0n) is 12.2. The van der Waals surface area contributed by atoms with Gasteiger partial charge in [0, 0.05) is 37.1 Å². The molecular formula is C16H16N4O2. The smallest absolute Gasteiger partial charge is 0.251 e. The summed E-state index contributed by atoms with van der Waals surface area (Å²) in [5.41, 5.74) is 2.17. The van der Waals surface area contributed by atoms with E-state index in [2.05, 4.69) is 15.3 Å². The largest absolute Gasteiger partial charge is 0.344 e. The Labute approximate surface area is 128 Å². The molecule has 6 heteroatoms. The van der Waals surface area contributed by atoms with E-state index >= 15 is 0 Å². The molecule has 0 unspecified atom stereocenters. The van der Waals surface area contributed by atoms with Crippen LogP contribution in [0, 0.1) is 0 Å². The Morgan fingerprint density at radius 2 is 2.05 bits per heavy atom. The molecule has 0 radical (unpaired) electrons. The number of carbonyl (C=O) groups excluding carboxylic acids is 2. The molecule has 1 aromatic carbocycles. The second-order valence-electron chi connectivity index (χ2n) is 5.24. The quantitative estimate of drug-likeness (QED) is 0.920. The molecule has 2 heterocycles. The number of aromatic nitrogens is 2. The summed E-state index contributed by atoms with van der Waals surface area (Å²) in [6, 6.07) is 6.67. The van der Waals surface area contributed by atoms with Crippen LogP contribution in [0.15, 0.2) is 42.9 Å². The first-order chi connectivity index (χ1) is 10.6. The molecule has 0 aliphatic carbocycles. The van der Waals surface area contributed by atoms with E-state index in [4.69, 9.17) is 0 Å². The molecule has 1 fully saturated rings. The average molecular weight is 296 g/mol. The monoisotopic (exact) mass is 296 g/mol. The summed E-state index contributed by atoms with van der Waals surface area (Å²) in [5, 5.41) is 2.78. The molecule has 1 aliphatic heterocycles. The van der Waals surface area contributed by atoms with Crippen molar-refractivity contribution in [2.45, 2.75) is 12.5 Å². The third-order valence-electron chi connectivity index (χ3n) is 3.74. The Morgan fingerprint density at radius 1 is 1.27 bits per heavy atom. The van der Waals surface area contributed by atoms with Crippen molar-refractivity contribution in [2.24, 2.45) is 0 Å². The summed E-state index contributed by atoms with van der Waals surface area (Å²) in [6.45, 7) is 0.676. The Hall–Kier alpha value is -2.76.